The molecule has 1 aliphatic rings. The lowest BCUT2D eigenvalue weighted by Crippen LogP contribution is -2.33. The molecule has 0 saturated carbocycles. The van der Waals surface area contributed by atoms with Gasteiger partial charge in [-0.05, 0) is 47.5 Å². The Labute approximate surface area is 248 Å². The van der Waals surface area contributed by atoms with Gasteiger partial charge in [0.05, 0.1) is 30.3 Å². The lowest BCUT2D eigenvalue weighted by molar-refractivity contribution is -0.110. The fourth-order valence-electron chi connectivity index (χ4n) is 4.67. The summed E-state index contributed by atoms with van der Waals surface area (Å²) in [6.07, 6.45) is 12.6. The van der Waals surface area contributed by atoms with Crippen LogP contribution < -0.4 is 16.2 Å². The summed E-state index contributed by atoms with van der Waals surface area (Å²) in [5.74, 6) is -2.25. The van der Waals surface area contributed by atoms with Crippen molar-refractivity contribution in [2.45, 2.75) is 6.54 Å². The first-order valence-electron chi connectivity index (χ1n) is 13.4. The van der Waals surface area contributed by atoms with E-state index in [9.17, 15) is 23.2 Å². The van der Waals surface area contributed by atoms with Crippen LogP contribution >= 0.6 is 0 Å². The number of pyridine rings is 1. The number of halogens is 2. The van der Waals surface area contributed by atoms with Gasteiger partial charge in [0.25, 0.3) is 17.4 Å². The summed E-state index contributed by atoms with van der Waals surface area (Å²) in [6, 6.07) is 12.5. The van der Waals surface area contributed by atoms with Gasteiger partial charge in [-0.1, -0.05) is 30.4 Å². The number of carbonyl (C=O) groups is 2. The van der Waals surface area contributed by atoms with E-state index in [1.165, 1.54) is 12.4 Å². The molecular formula is C32H23F2N7O3. The number of aromatic nitrogens is 5. The molecule has 2 amide bonds. The Morgan fingerprint density at radius 3 is 2.70 bits per heavy atom. The summed E-state index contributed by atoms with van der Waals surface area (Å²) >= 11 is 0. The molecule has 10 nitrogen and oxygen atoms in total. The summed E-state index contributed by atoms with van der Waals surface area (Å²) in [5, 5.41) is 5.52. The number of hydrogen-bond donors (Lipinski definition) is 3. The van der Waals surface area contributed by atoms with Gasteiger partial charge in [-0.3, -0.25) is 23.9 Å². The molecule has 0 radical (unpaired) electrons. The van der Waals surface area contributed by atoms with Crippen LogP contribution in [0.1, 0.15) is 32.7 Å². The minimum atomic E-state index is -1.03. The Balaban J connectivity index is 1.09. The van der Waals surface area contributed by atoms with Crippen LogP contribution in [-0.4, -0.2) is 42.9 Å². The molecule has 0 unspecified atom stereocenters. The number of nitrogens with one attached hydrogen (secondary N) is 3. The molecule has 3 aromatic heterocycles. The molecule has 1 aliphatic heterocycles. The Bertz CT molecular complexity index is 2020. The summed E-state index contributed by atoms with van der Waals surface area (Å²) in [7, 11) is 0. The molecule has 218 valence electrons. The zero-order chi connectivity index (χ0) is 30.6. The van der Waals surface area contributed by atoms with Gasteiger partial charge in [0.1, 0.15) is 11.4 Å². The van der Waals surface area contributed by atoms with Crippen LogP contribution in [0, 0.1) is 11.6 Å². The molecule has 0 spiro atoms. The molecule has 4 heterocycles. The zero-order valence-corrected chi connectivity index (χ0v) is 22.9. The van der Waals surface area contributed by atoms with Gasteiger partial charge < -0.3 is 15.6 Å². The highest BCUT2D eigenvalue weighted by atomic mass is 19.2. The minimum absolute atomic E-state index is 0.0792. The lowest BCUT2D eigenvalue weighted by atomic mass is 10.0. The van der Waals surface area contributed by atoms with Crippen molar-refractivity contribution in [3.8, 4) is 11.4 Å². The first-order valence-corrected chi connectivity index (χ1v) is 13.4. The fraction of sp³-hybridized carbons (Fsp3) is 0.0625. The van der Waals surface area contributed by atoms with Gasteiger partial charge in [-0.15, -0.1) is 0 Å². The van der Waals surface area contributed by atoms with Crippen molar-refractivity contribution in [3.05, 3.63) is 136 Å². The second-order valence-corrected chi connectivity index (χ2v) is 9.85. The molecular weight excluding hydrogens is 568 g/mol. The van der Waals surface area contributed by atoms with E-state index in [4.69, 9.17) is 0 Å². The molecule has 44 heavy (non-hydrogen) atoms. The number of aromatic amines is 1. The molecule has 0 aliphatic carbocycles. The van der Waals surface area contributed by atoms with Crippen molar-refractivity contribution in [1.29, 1.82) is 0 Å². The van der Waals surface area contributed by atoms with E-state index >= 15 is 0 Å². The molecule has 0 saturated heterocycles. The van der Waals surface area contributed by atoms with E-state index < -0.39 is 23.1 Å². The number of rotatable bonds is 8. The van der Waals surface area contributed by atoms with E-state index in [1.54, 1.807) is 36.8 Å². The molecule has 12 heteroatoms. The van der Waals surface area contributed by atoms with Crippen LogP contribution in [0.2, 0.25) is 0 Å². The van der Waals surface area contributed by atoms with Gasteiger partial charge in [0, 0.05) is 41.9 Å². The standard InChI is InChI=1S/C32H23F2N7O3/c33-26-8-6-20(11-27(26)34)17-41-18-36-16-25(32(41)44)30(42)37-10-1-3-19-5-7-23-24(31(43)40-28(23)12-19)13-22-15-38-29(39-22)21-4-2-9-35-14-21/h1-9,11-16,18H,10,17H2,(H,37,42)(H,38,39)(H,40,43)/b3-1?,24-13-. The van der Waals surface area contributed by atoms with Gasteiger partial charge in [0.2, 0.25) is 0 Å². The van der Waals surface area contributed by atoms with Crippen LogP contribution in [0.3, 0.4) is 0 Å². The molecule has 6 rings (SSSR count). The minimum Gasteiger partial charge on any atom is -0.348 e. The summed E-state index contributed by atoms with van der Waals surface area (Å²) in [6.45, 7) is 0.0359. The average molecular weight is 592 g/mol. The summed E-state index contributed by atoms with van der Waals surface area (Å²) in [5.41, 5.74) is 3.72. The van der Waals surface area contributed by atoms with Crippen molar-refractivity contribution in [1.82, 2.24) is 29.8 Å². The van der Waals surface area contributed by atoms with E-state index in [2.05, 4.69) is 30.6 Å². The van der Waals surface area contributed by atoms with Crippen molar-refractivity contribution >= 4 is 35.2 Å². The maximum atomic E-state index is 13.5. The summed E-state index contributed by atoms with van der Waals surface area (Å²) < 4.78 is 27.9. The molecule has 0 bridgehead atoms. The number of amides is 2. The quantitative estimate of drug-likeness (QED) is 0.231. The average Bonchev–Trinajstić information content (AvgIpc) is 3.62. The highest BCUT2D eigenvalue weighted by molar-refractivity contribution is 6.34. The predicted molar refractivity (Wildman–Crippen MR) is 160 cm³/mol. The topological polar surface area (TPSA) is 135 Å². The smallest absolute Gasteiger partial charge is 0.266 e. The zero-order valence-electron chi connectivity index (χ0n) is 22.9. The third-order valence-electron chi connectivity index (χ3n) is 6.83. The number of anilines is 1. The van der Waals surface area contributed by atoms with Crippen LogP contribution in [0.15, 0.2) is 90.5 Å². The molecule has 0 fully saturated rings. The van der Waals surface area contributed by atoms with Crippen LogP contribution in [0.25, 0.3) is 29.1 Å². The third kappa shape index (κ3) is 5.95. The van der Waals surface area contributed by atoms with E-state index in [1.807, 2.05) is 30.3 Å². The van der Waals surface area contributed by atoms with Crippen molar-refractivity contribution in [2.75, 3.05) is 11.9 Å². The Morgan fingerprint density at radius 1 is 1.00 bits per heavy atom. The van der Waals surface area contributed by atoms with Crippen molar-refractivity contribution in [3.63, 3.8) is 0 Å². The van der Waals surface area contributed by atoms with Crippen molar-refractivity contribution < 1.29 is 18.4 Å². The number of nitrogens with zero attached hydrogens (tertiary/aromatic N) is 4. The van der Waals surface area contributed by atoms with Gasteiger partial charge in [-0.2, -0.15) is 0 Å². The van der Waals surface area contributed by atoms with Crippen LogP contribution in [0.5, 0.6) is 0 Å². The van der Waals surface area contributed by atoms with Crippen LogP contribution in [-0.2, 0) is 11.3 Å². The molecule has 2 aromatic carbocycles. The second kappa shape index (κ2) is 12.1. The molecule has 5 aromatic rings. The highest BCUT2D eigenvalue weighted by Gasteiger charge is 2.24. The van der Waals surface area contributed by atoms with Gasteiger partial charge >= 0.3 is 0 Å². The van der Waals surface area contributed by atoms with Crippen molar-refractivity contribution in [2.24, 2.45) is 0 Å². The number of H-pyrrole nitrogens is 1. The largest absolute Gasteiger partial charge is 0.348 e. The number of benzene rings is 2. The number of imidazole rings is 1. The van der Waals surface area contributed by atoms with Gasteiger partial charge in [0.15, 0.2) is 11.6 Å². The van der Waals surface area contributed by atoms with E-state index in [0.29, 0.717) is 28.3 Å². The SMILES string of the molecule is O=C1Nc2cc(C=CCNC(=O)c3cncn(Cc4ccc(F)c(F)c4)c3=O)ccc2/C1=C/c1cnc(-c2cccnc2)[nH]1. The first-order chi connectivity index (χ1) is 21.4. The predicted octanol–water partition coefficient (Wildman–Crippen LogP) is 4.29. The van der Waals surface area contributed by atoms with E-state index in [0.717, 1.165) is 39.6 Å². The normalized spacial score (nSPS) is 13.3. The monoisotopic (exact) mass is 591 g/mol. The Morgan fingerprint density at radius 2 is 1.89 bits per heavy atom. The Hall–Kier alpha value is -6.04. The second-order valence-electron chi connectivity index (χ2n) is 9.85. The maximum Gasteiger partial charge on any atom is 0.266 e. The van der Waals surface area contributed by atoms with Crippen LogP contribution in [0.4, 0.5) is 14.5 Å². The number of fused-ring (bicyclic) bond motifs is 1. The number of hydrogen-bond acceptors (Lipinski definition) is 6. The Kier molecular flexibility index (Phi) is 7.70. The highest BCUT2D eigenvalue weighted by Crippen LogP contribution is 2.34. The third-order valence-corrected chi connectivity index (χ3v) is 6.83. The first kappa shape index (κ1) is 28.1. The van der Waals surface area contributed by atoms with Gasteiger partial charge in [-0.25, -0.2) is 18.7 Å². The van der Waals surface area contributed by atoms with E-state index in [-0.39, 0.29) is 24.6 Å². The molecule has 0 atom stereocenters. The summed E-state index contributed by atoms with van der Waals surface area (Å²) in [4.78, 5) is 53.8. The number of carbonyl (C=O) groups excluding carboxylic acids is 2. The molecule has 3 N–H and O–H groups in total. The fourth-order valence-corrected chi connectivity index (χ4v) is 4.67. The lowest BCUT2D eigenvalue weighted by Gasteiger charge is -2.08. The maximum absolute atomic E-state index is 13.5.